The number of amides is 1. The average molecular weight is 274 g/mol. The minimum absolute atomic E-state index is 0.116. The molecule has 0 unspecified atom stereocenters. The molecule has 1 spiro atoms. The Morgan fingerprint density at radius 1 is 1.35 bits per heavy atom. The van der Waals surface area contributed by atoms with Crippen molar-refractivity contribution in [1.82, 2.24) is 4.90 Å². The Morgan fingerprint density at radius 2 is 2.05 bits per heavy atom. The van der Waals surface area contributed by atoms with Crippen LogP contribution in [-0.2, 0) is 4.79 Å². The van der Waals surface area contributed by atoms with Crippen molar-refractivity contribution < 1.29 is 4.79 Å². The molecule has 0 aromatic heterocycles. The van der Waals surface area contributed by atoms with E-state index in [9.17, 15) is 4.79 Å². The van der Waals surface area contributed by atoms with Gasteiger partial charge >= 0.3 is 0 Å². The number of hydrogen-bond donors (Lipinski definition) is 1. The number of carbonyl (C=O) groups is 1. The molecule has 1 aliphatic heterocycles. The lowest BCUT2D eigenvalue weighted by Crippen LogP contribution is -2.40. The van der Waals surface area contributed by atoms with E-state index in [1.54, 1.807) is 0 Å². The lowest BCUT2D eigenvalue weighted by molar-refractivity contribution is -0.136. The molecule has 0 bridgehead atoms. The number of hydrogen-bond acceptors (Lipinski definition) is 2. The van der Waals surface area contributed by atoms with Gasteiger partial charge in [0.25, 0.3) is 0 Å². The molecule has 0 aromatic rings. The zero-order chi connectivity index (χ0) is 14.3. The van der Waals surface area contributed by atoms with Crippen molar-refractivity contribution >= 4 is 5.91 Å². The van der Waals surface area contributed by atoms with Gasteiger partial charge in [0, 0.05) is 17.8 Å². The summed E-state index contributed by atoms with van der Waals surface area (Å²) in [5.41, 5.74) is 8.26. The first-order valence-electron chi connectivity index (χ1n) is 7.99. The van der Waals surface area contributed by atoms with Crippen molar-refractivity contribution in [3.8, 4) is 0 Å². The van der Waals surface area contributed by atoms with Gasteiger partial charge in [-0.3, -0.25) is 4.79 Å². The Kier molecular flexibility index (Phi) is 3.49. The molecule has 1 amide bonds. The molecule has 1 saturated heterocycles. The third-order valence-electron chi connectivity index (χ3n) is 5.40. The zero-order valence-electron chi connectivity index (χ0n) is 12.5. The summed E-state index contributed by atoms with van der Waals surface area (Å²) in [6.07, 6.45) is 10.3. The summed E-state index contributed by atoms with van der Waals surface area (Å²) in [5, 5.41) is 0. The number of rotatable bonds is 1. The molecule has 2 fully saturated rings. The third kappa shape index (κ3) is 2.22. The molecule has 1 heterocycles. The van der Waals surface area contributed by atoms with E-state index in [4.69, 9.17) is 5.73 Å². The minimum Gasteiger partial charge on any atom is -0.328 e. The van der Waals surface area contributed by atoms with Crippen LogP contribution in [0.15, 0.2) is 23.9 Å². The summed E-state index contributed by atoms with van der Waals surface area (Å²) >= 11 is 0. The normalized spacial score (nSPS) is 38.5. The molecule has 2 N–H and O–H groups in total. The topological polar surface area (TPSA) is 46.3 Å². The number of nitrogens with two attached hydrogens (primary N) is 1. The second kappa shape index (κ2) is 5.03. The van der Waals surface area contributed by atoms with Gasteiger partial charge in [0.2, 0.25) is 5.91 Å². The number of carbonyl (C=O) groups excluding carboxylic acids is 1. The van der Waals surface area contributed by atoms with Crippen LogP contribution in [0.5, 0.6) is 0 Å². The molecule has 3 nitrogen and oxygen atoms in total. The highest BCUT2D eigenvalue weighted by Crippen LogP contribution is 2.48. The monoisotopic (exact) mass is 274 g/mol. The maximum absolute atomic E-state index is 13.0. The number of allylic oxidation sites excluding steroid dienone is 3. The molecular formula is C17H26N2O. The van der Waals surface area contributed by atoms with Crippen molar-refractivity contribution in [1.29, 1.82) is 0 Å². The van der Waals surface area contributed by atoms with Crippen LogP contribution >= 0.6 is 0 Å². The van der Waals surface area contributed by atoms with Crippen molar-refractivity contribution in [3.05, 3.63) is 23.9 Å². The van der Waals surface area contributed by atoms with E-state index in [-0.39, 0.29) is 5.41 Å². The summed E-state index contributed by atoms with van der Waals surface area (Å²) in [5.74, 6) is 0.359. The Bertz CT molecular complexity index is 458. The minimum atomic E-state index is -0.116. The van der Waals surface area contributed by atoms with E-state index in [0.717, 1.165) is 56.9 Å². The van der Waals surface area contributed by atoms with Crippen LogP contribution in [0.1, 0.15) is 58.3 Å². The van der Waals surface area contributed by atoms with Crippen LogP contribution in [0.25, 0.3) is 0 Å². The predicted molar refractivity (Wildman–Crippen MR) is 80.9 cm³/mol. The molecule has 3 rings (SSSR count). The first kappa shape index (κ1) is 13.9. The van der Waals surface area contributed by atoms with Gasteiger partial charge in [0.05, 0.1) is 5.41 Å². The van der Waals surface area contributed by atoms with Crippen molar-refractivity contribution in [2.75, 3.05) is 0 Å². The third-order valence-corrected chi connectivity index (χ3v) is 5.40. The van der Waals surface area contributed by atoms with Crippen LogP contribution < -0.4 is 5.73 Å². The maximum atomic E-state index is 13.0. The van der Waals surface area contributed by atoms with Gasteiger partial charge in [0.1, 0.15) is 0 Å². The predicted octanol–water partition coefficient (Wildman–Crippen LogP) is 3.12. The fourth-order valence-corrected chi connectivity index (χ4v) is 4.29. The van der Waals surface area contributed by atoms with Crippen LogP contribution in [0, 0.1) is 5.41 Å². The first-order valence-corrected chi connectivity index (χ1v) is 7.99. The molecule has 1 atom stereocenters. The number of likely N-dealkylation sites (tertiary alicyclic amines) is 1. The van der Waals surface area contributed by atoms with Gasteiger partial charge < -0.3 is 10.6 Å². The summed E-state index contributed by atoms with van der Waals surface area (Å²) in [6, 6.07) is 0.625. The molecule has 0 radical (unpaired) electrons. The molecule has 2 aliphatic carbocycles. The summed E-state index contributed by atoms with van der Waals surface area (Å²) in [4.78, 5) is 15.1. The molecular weight excluding hydrogens is 248 g/mol. The highest BCUT2D eigenvalue weighted by Gasteiger charge is 2.51. The fourth-order valence-electron chi connectivity index (χ4n) is 4.29. The summed E-state index contributed by atoms with van der Waals surface area (Å²) < 4.78 is 0. The zero-order valence-corrected chi connectivity index (χ0v) is 12.5. The van der Waals surface area contributed by atoms with Crippen molar-refractivity contribution in [2.45, 2.75) is 70.4 Å². The average Bonchev–Trinajstić information content (AvgIpc) is 2.65. The Morgan fingerprint density at radius 3 is 2.70 bits per heavy atom. The van der Waals surface area contributed by atoms with Gasteiger partial charge in [-0.2, -0.15) is 0 Å². The molecule has 3 aliphatic rings. The summed E-state index contributed by atoms with van der Waals surface area (Å²) in [7, 11) is 0. The van der Waals surface area contributed by atoms with Crippen LogP contribution in [-0.4, -0.2) is 22.9 Å². The molecule has 1 saturated carbocycles. The quantitative estimate of drug-likeness (QED) is 0.798. The summed E-state index contributed by atoms with van der Waals surface area (Å²) in [6.45, 7) is 6.26. The standard InChI is InChI=1S/C17H26N2O/c1-12-4-3-5-15(10-12)19-13(2)11-17(16(19)20)8-6-14(18)7-9-17/h10,13-14H,1,3-9,11,18H2,2H3/t13-,14?,17?/m0/s1. The van der Waals surface area contributed by atoms with Gasteiger partial charge in [-0.1, -0.05) is 12.2 Å². The second-order valence-corrected chi connectivity index (χ2v) is 6.99. The SMILES string of the molecule is C=C1C=C(N2C(=O)C3(CCC(N)CC3)C[C@@H]2C)CCC1. The first-order chi connectivity index (χ1) is 9.52. The van der Waals surface area contributed by atoms with Gasteiger partial charge in [-0.25, -0.2) is 0 Å². The Labute approximate surface area is 121 Å². The largest absolute Gasteiger partial charge is 0.328 e. The van der Waals surface area contributed by atoms with E-state index in [0.29, 0.717) is 18.0 Å². The van der Waals surface area contributed by atoms with Gasteiger partial charge in [-0.05, 0) is 64.4 Å². The van der Waals surface area contributed by atoms with Crippen LogP contribution in [0.2, 0.25) is 0 Å². The van der Waals surface area contributed by atoms with Crippen molar-refractivity contribution in [2.24, 2.45) is 11.1 Å². The molecule has 110 valence electrons. The number of nitrogens with zero attached hydrogens (tertiary/aromatic N) is 1. The van der Waals surface area contributed by atoms with Crippen LogP contribution in [0.4, 0.5) is 0 Å². The highest BCUT2D eigenvalue weighted by molar-refractivity contribution is 5.87. The van der Waals surface area contributed by atoms with E-state index >= 15 is 0 Å². The molecule has 20 heavy (non-hydrogen) atoms. The van der Waals surface area contributed by atoms with E-state index in [1.807, 2.05) is 0 Å². The molecule has 0 aromatic carbocycles. The van der Waals surface area contributed by atoms with Crippen molar-refractivity contribution in [3.63, 3.8) is 0 Å². The lowest BCUT2D eigenvalue weighted by atomic mass is 9.71. The van der Waals surface area contributed by atoms with Crippen LogP contribution in [0.3, 0.4) is 0 Å². The Balaban J connectivity index is 1.84. The van der Waals surface area contributed by atoms with E-state index in [2.05, 4.69) is 24.5 Å². The maximum Gasteiger partial charge on any atom is 0.233 e. The second-order valence-electron chi connectivity index (χ2n) is 6.99. The molecule has 3 heteroatoms. The fraction of sp³-hybridized carbons (Fsp3) is 0.706. The van der Waals surface area contributed by atoms with E-state index < -0.39 is 0 Å². The highest BCUT2D eigenvalue weighted by atomic mass is 16.2. The van der Waals surface area contributed by atoms with E-state index in [1.165, 1.54) is 5.70 Å². The smallest absolute Gasteiger partial charge is 0.233 e. The van der Waals surface area contributed by atoms with Gasteiger partial charge in [0.15, 0.2) is 0 Å². The van der Waals surface area contributed by atoms with Gasteiger partial charge in [-0.15, -0.1) is 0 Å². The lowest BCUT2D eigenvalue weighted by Gasteiger charge is -2.35. The Hall–Kier alpha value is -1.09.